The summed E-state index contributed by atoms with van der Waals surface area (Å²) in [5, 5.41) is 40.2. The van der Waals surface area contributed by atoms with Crippen LogP contribution in [0.15, 0.2) is 42.5 Å². The van der Waals surface area contributed by atoms with Crippen LogP contribution in [0.25, 0.3) is 0 Å². The first-order valence-corrected chi connectivity index (χ1v) is 10.8. The second-order valence-corrected chi connectivity index (χ2v) is 8.43. The standard InChI is InChI=1S/C23H27ClO7/c24-18-10-15(23-22(28)21(27)20(26)19(11-25)31-23)4-3-14(18)9-13-1-5-16(6-2-13)30-17-7-8-29-12-17/h1-6,10,17,19-23,25-28H,7-9,11-12H2/t17-,19+,20-,21+,22-,23-/m1/s1. The number of aliphatic hydroxyl groups excluding tert-OH is 4. The third-order valence-corrected chi connectivity index (χ3v) is 6.16. The molecular formula is C23H27ClO7. The quantitative estimate of drug-likeness (QED) is 0.529. The number of halogens is 1. The highest BCUT2D eigenvalue weighted by Gasteiger charge is 2.44. The maximum Gasteiger partial charge on any atom is 0.124 e. The van der Waals surface area contributed by atoms with E-state index in [0.717, 1.165) is 29.9 Å². The Bertz CT molecular complexity index is 867. The number of hydrogen-bond donors (Lipinski definition) is 4. The summed E-state index contributed by atoms with van der Waals surface area (Å²) in [6.07, 6.45) is -4.40. The molecule has 2 saturated heterocycles. The van der Waals surface area contributed by atoms with Gasteiger partial charge < -0.3 is 34.6 Å². The summed E-state index contributed by atoms with van der Waals surface area (Å²) in [6.45, 7) is 0.888. The molecule has 0 bridgehead atoms. The lowest BCUT2D eigenvalue weighted by atomic mass is 9.90. The lowest BCUT2D eigenvalue weighted by Gasteiger charge is -2.40. The predicted molar refractivity (Wildman–Crippen MR) is 113 cm³/mol. The zero-order valence-corrected chi connectivity index (χ0v) is 17.7. The van der Waals surface area contributed by atoms with E-state index in [0.29, 0.717) is 23.6 Å². The van der Waals surface area contributed by atoms with Crippen molar-refractivity contribution in [3.05, 3.63) is 64.2 Å². The predicted octanol–water partition coefficient (Wildman–Crippen LogP) is 1.61. The first-order valence-electron chi connectivity index (χ1n) is 10.4. The molecule has 0 spiro atoms. The molecule has 2 aromatic carbocycles. The first-order chi connectivity index (χ1) is 15.0. The maximum absolute atomic E-state index is 10.3. The van der Waals surface area contributed by atoms with Crippen molar-refractivity contribution in [1.82, 2.24) is 0 Å². The van der Waals surface area contributed by atoms with Crippen molar-refractivity contribution in [2.75, 3.05) is 19.8 Å². The minimum atomic E-state index is -1.43. The summed E-state index contributed by atoms with van der Waals surface area (Å²) in [4.78, 5) is 0. The molecule has 0 saturated carbocycles. The van der Waals surface area contributed by atoms with E-state index in [1.54, 1.807) is 12.1 Å². The summed E-state index contributed by atoms with van der Waals surface area (Å²) in [5.74, 6) is 0.809. The van der Waals surface area contributed by atoms with Crippen molar-refractivity contribution >= 4 is 11.6 Å². The zero-order chi connectivity index (χ0) is 22.0. The lowest BCUT2D eigenvalue weighted by molar-refractivity contribution is -0.231. The molecule has 31 heavy (non-hydrogen) atoms. The van der Waals surface area contributed by atoms with Gasteiger partial charge in [-0.25, -0.2) is 0 Å². The van der Waals surface area contributed by atoms with E-state index < -0.39 is 37.1 Å². The fourth-order valence-corrected chi connectivity index (χ4v) is 4.22. The fourth-order valence-electron chi connectivity index (χ4n) is 3.97. The van der Waals surface area contributed by atoms with Crippen molar-refractivity contribution in [2.24, 2.45) is 0 Å². The van der Waals surface area contributed by atoms with Gasteiger partial charge in [0.05, 0.1) is 19.8 Å². The Morgan fingerprint density at radius 2 is 1.77 bits per heavy atom. The molecule has 7 nitrogen and oxygen atoms in total. The van der Waals surface area contributed by atoms with Gasteiger partial charge in [0, 0.05) is 11.4 Å². The highest BCUT2D eigenvalue weighted by Crippen LogP contribution is 2.34. The second-order valence-electron chi connectivity index (χ2n) is 8.02. The first kappa shape index (κ1) is 22.5. The zero-order valence-electron chi connectivity index (χ0n) is 16.9. The van der Waals surface area contributed by atoms with E-state index >= 15 is 0 Å². The van der Waals surface area contributed by atoms with E-state index in [4.69, 9.17) is 25.8 Å². The molecule has 0 radical (unpaired) electrons. The van der Waals surface area contributed by atoms with Crippen molar-refractivity contribution in [3.8, 4) is 5.75 Å². The molecule has 2 aliphatic heterocycles. The number of hydrogen-bond acceptors (Lipinski definition) is 7. The van der Waals surface area contributed by atoms with Gasteiger partial charge in [0.25, 0.3) is 0 Å². The Morgan fingerprint density at radius 1 is 1.00 bits per heavy atom. The molecule has 6 atom stereocenters. The number of benzene rings is 2. The number of rotatable bonds is 6. The van der Waals surface area contributed by atoms with Gasteiger partial charge in [0.15, 0.2) is 0 Å². The molecule has 0 aliphatic carbocycles. The molecule has 0 unspecified atom stereocenters. The van der Waals surface area contributed by atoms with Crippen LogP contribution in [0.3, 0.4) is 0 Å². The Balaban J connectivity index is 1.44. The van der Waals surface area contributed by atoms with Crippen LogP contribution in [-0.2, 0) is 15.9 Å². The van der Waals surface area contributed by atoms with Crippen LogP contribution in [-0.4, -0.2) is 70.8 Å². The van der Waals surface area contributed by atoms with Gasteiger partial charge in [-0.2, -0.15) is 0 Å². The van der Waals surface area contributed by atoms with Crippen molar-refractivity contribution < 1.29 is 34.6 Å². The van der Waals surface area contributed by atoms with E-state index in [2.05, 4.69) is 0 Å². The minimum absolute atomic E-state index is 0.107. The van der Waals surface area contributed by atoms with Gasteiger partial charge in [-0.15, -0.1) is 0 Å². The Labute approximate surface area is 185 Å². The molecule has 4 rings (SSSR count). The molecule has 2 fully saturated rings. The van der Waals surface area contributed by atoms with E-state index in [-0.39, 0.29) is 6.10 Å². The van der Waals surface area contributed by atoms with Gasteiger partial charge in [0.2, 0.25) is 0 Å². The Kier molecular flexibility index (Phi) is 7.13. The molecule has 2 aromatic rings. The normalized spacial score (nSPS) is 31.0. The number of ether oxygens (including phenoxy) is 3. The summed E-state index contributed by atoms with van der Waals surface area (Å²) < 4.78 is 16.8. The number of aliphatic hydroxyl groups is 4. The van der Waals surface area contributed by atoms with Crippen LogP contribution >= 0.6 is 11.6 Å². The van der Waals surface area contributed by atoms with Crippen molar-refractivity contribution in [1.29, 1.82) is 0 Å². The third kappa shape index (κ3) is 5.04. The maximum atomic E-state index is 10.3. The van der Waals surface area contributed by atoms with E-state index in [1.807, 2.05) is 30.3 Å². The van der Waals surface area contributed by atoms with Gasteiger partial charge in [-0.1, -0.05) is 35.9 Å². The Hall–Kier alpha value is -1.71. The summed E-state index contributed by atoms with van der Waals surface area (Å²) >= 11 is 6.49. The summed E-state index contributed by atoms with van der Waals surface area (Å²) in [6, 6.07) is 13.2. The smallest absolute Gasteiger partial charge is 0.124 e. The summed E-state index contributed by atoms with van der Waals surface area (Å²) in [5.41, 5.74) is 2.53. The fraction of sp³-hybridized carbons (Fsp3) is 0.478. The van der Waals surface area contributed by atoms with E-state index in [9.17, 15) is 20.4 Å². The van der Waals surface area contributed by atoms with Crippen molar-refractivity contribution in [3.63, 3.8) is 0 Å². The summed E-state index contributed by atoms with van der Waals surface area (Å²) in [7, 11) is 0. The van der Waals surface area contributed by atoms with Crippen LogP contribution in [0.4, 0.5) is 0 Å². The lowest BCUT2D eigenvalue weighted by Crippen LogP contribution is -2.55. The highest BCUT2D eigenvalue weighted by atomic mass is 35.5. The van der Waals surface area contributed by atoms with Crippen LogP contribution in [0.5, 0.6) is 5.75 Å². The second kappa shape index (κ2) is 9.83. The van der Waals surface area contributed by atoms with Crippen LogP contribution in [0.2, 0.25) is 5.02 Å². The molecule has 8 heteroatoms. The topological polar surface area (TPSA) is 109 Å². The molecule has 2 aliphatic rings. The van der Waals surface area contributed by atoms with Gasteiger partial charge >= 0.3 is 0 Å². The van der Waals surface area contributed by atoms with Crippen LogP contribution in [0, 0.1) is 0 Å². The SMILES string of the molecule is OC[C@@H]1O[C@H](c2ccc(Cc3ccc(O[C@@H]4CCOC4)cc3)c(Cl)c2)[C@H](O)[C@@H](O)[C@@H]1O. The van der Waals surface area contributed by atoms with Crippen molar-refractivity contribution in [2.45, 2.75) is 49.5 Å². The molecule has 4 N–H and O–H groups in total. The molecule has 0 amide bonds. The van der Waals surface area contributed by atoms with Crippen LogP contribution < -0.4 is 4.74 Å². The molecule has 168 valence electrons. The van der Waals surface area contributed by atoms with Gasteiger partial charge in [-0.05, 0) is 41.3 Å². The molecule has 0 aromatic heterocycles. The largest absolute Gasteiger partial charge is 0.488 e. The monoisotopic (exact) mass is 450 g/mol. The average Bonchev–Trinajstić information content (AvgIpc) is 3.28. The van der Waals surface area contributed by atoms with Crippen LogP contribution in [0.1, 0.15) is 29.2 Å². The van der Waals surface area contributed by atoms with Gasteiger partial charge in [-0.3, -0.25) is 0 Å². The third-order valence-electron chi connectivity index (χ3n) is 5.81. The highest BCUT2D eigenvalue weighted by molar-refractivity contribution is 6.31. The minimum Gasteiger partial charge on any atom is -0.488 e. The molecular weight excluding hydrogens is 424 g/mol. The van der Waals surface area contributed by atoms with Gasteiger partial charge in [0.1, 0.15) is 42.4 Å². The Morgan fingerprint density at radius 3 is 2.42 bits per heavy atom. The molecule has 2 heterocycles. The average molecular weight is 451 g/mol. The van der Waals surface area contributed by atoms with E-state index in [1.165, 1.54) is 0 Å².